The number of hydrogen-bond donors (Lipinski definition) is 1. The molecule has 0 spiro atoms. The van der Waals surface area contributed by atoms with E-state index in [1.54, 1.807) is 23.1 Å². The van der Waals surface area contributed by atoms with Crippen LogP contribution in [-0.4, -0.2) is 34.6 Å². The molecule has 4 nitrogen and oxygen atoms in total. The molecule has 1 N–H and O–H groups in total. The fraction of sp³-hybridized carbons (Fsp3) is 0.278. The predicted molar refractivity (Wildman–Crippen MR) is 87.1 cm³/mol. The standard InChI is InChI=1S/C18H16ClNO3/c19-16-3-1-2-14(12-16)4-6-18(22)7-9-20(10-8-18)17(21)15-5-11-23-13-15/h1-3,5,11-13,22H,7-10H2. The highest BCUT2D eigenvalue weighted by molar-refractivity contribution is 6.30. The van der Waals surface area contributed by atoms with Gasteiger partial charge in [-0.25, -0.2) is 0 Å². The molecule has 1 saturated heterocycles. The normalized spacial score (nSPS) is 16.5. The second-order valence-corrected chi connectivity index (χ2v) is 6.03. The second kappa shape index (κ2) is 6.49. The molecule has 5 heteroatoms. The summed E-state index contributed by atoms with van der Waals surface area (Å²) < 4.78 is 4.93. The molecule has 23 heavy (non-hydrogen) atoms. The van der Waals surface area contributed by atoms with E-state index in [1.807, 2.05) is 12.1 Å². The van der Waals surface area contributed by atoms with Crippen LogP contribution in [0.4, 0.5) is 0 Å². The molecule has 118 valence electrons. The van der Waals surface area contributed by atoms with Crippen LogP contribution in [0.3, 0.4) is 0 Å². The van der Waals surface area contributed by atoms with E-state index >= 15 is 0 Å². The van der Waals surface area contributed by atoms with Crippen molar-refractivity contribution in [1.82, 2.24) is 4.90 Å². The van der Waals surface area contributed by atoms with Crippen molar-refractivity contribution in [3.05, 3.63) is 59.0 Å². The molecule has 1 fully saturated rings. The average Bonchev–Trinajstić information content (AvgIpc) is 3.08. The average molecular weight is 330 g/mol. The number of carbonyl (C=O) groups is 1. The van der Waals surface area contributed by atoms with Gasteiger partial charge in [-0.3, -0.25) is 4.79 Å². The molecule has 2 heterocycles. The third kappa shape index (κ3) is 3.76. The lowest BCUT2D eigenvalue weighted by molar-refractivity contribution is 0.0248. The highest BCUT2D eigenvalue weighted by atomic mass is 35.5. The molecular formula is C18H16ClNO3. The summed E-state index contributed by atoms with van der Waals surface area (Å²) in [5, 5.41) is 11.2. The SMILES string of the molecule is O=C(c1ccoc1)N1CCC(O)(C#Cc2cccc(Cl)c2)CC1. The van der Waals surface area contributed by atoms with E-state index in [4.69, 9.17) is 16.0 Å². The zero-order valence-electron chi connectivity index (χ0n) is 12.5. The van der Waals surface area contributed by atoms with Crippen molar-refractivity contribution < 1.29 is 14.3 Å². The maximum absolute atomic E-state index is 12.2. The Kier molecular flexibility index (Phi) is 4.42. The van der Waals surface area contributed by atoms with Gasteiger partial charge in [0.05, 0.1) is 11.8 Å². The zero-order chi connectivity index (χ0) is 16.3. The fourth-order valence-corrected chi connectivity index (χ4v) is 2.72. The Bertz CT molecular complexity index is 750. The summed E-state index contributed by atoms with van der Waals surface area (Å²) in [6, 6.07) is 8.85. The summed E-state index contributed by atoms with van der Waals surface area (Å²) in [5.41, 5.74) is 0.221. The van der Waals surface area contributed by atoms with Crippen LogP contribution in [0.5, 0.6) is 0 Å². The Morgan fingerprint density at radius 2 is 2.09 bits per heavy atom. The van der Waals surface area contributed by atoms with Gasteiger partial charge in [0.1, 0.15) is 11.9 Å². The Morgan fingerprint density at radius 3 is 2.74 bits per heavy atom. The number of amides is 1. The van der Waals surface area contributed by atoms with Crippen molar-refractivity contribution >= 4 is 17.5 Å². The van der Waals surface area contributed by atoms with Gasteiger partial charge in [-0.15, -0.1) is 0 Å². The summed E-state index contributed by atoms with van der Waals surface area (Å²) in [6.45, 7) is 0.926. The Balaban J connectivity index is 1.65. The third-order valence-corrected chi connectivity index (χ3v) is 4.15. The smallest absolute Gasteiger partial charge is 0.257 e. The first-order valence-corrected chi connectivity index (χ1v) is 7.76. The second-order valence-electron chi connectivity index (χ2n) is 5.60. The van der Waals surface area contributed by atoms with Gasteiger partial charge < -0.3 is 14.4 Å². The largest absolute Gasteiger partial charge is 0.472 e. The van der Waals surface area contributed by atoms with Crippen LogP contribution in [0.25, 0.3) is 0 Å². The van der Waals surface area contributed by atoms with Gasteiger partial charge in [0.25, 0.3) is 5.91 Å². The van der Waals surface area contributed by atoms with Gasteiger partial charge in [-0.1, -0.05) is 29.5 Å². The minimum atomic E-state index is -1.07. The monoisotopic (exact) mass is 329 g/mol. The van der Waals surface area contributed by atoms with Gasteiger partial charge in [-0.2, -0.15) is 0 Å². The molecule has 1 aromatic carbocycles. The first kappa shape index (κ1) is 15.7. The van der Waals surface area contributed by atoms with Gasteiger partial charge in [0.15, 0.2) is 0 Å². The summed E-state index contributed by atoms with van der Waals surface area (Å²) in [4.78, 5) is 13.9. The molecular weight excluding hydrogens is 314 g/mol. The quantitative estimate of drug-likeness (QED) is 0.818. The zero-order valence-corrected chi connectivity index (χ0v) is 13.2. The lowest BCUT2D eigenvalue weighted by Crippen LogP contribution is -2.46. The molecule has 1 aliphatic rings. The molecule has 1 aliphatic heterocycles. The van der Waals surface area contributed by atoms with Crippen molar-refractivity contribution in [1.29, 1.82) is 0 Å². The molecule has 3 rings (SSSR count). The molecule has 0 aliphatic carbocycles. The summed E-state index contributed by atoms with van der Waals surface area (Å²) in [6.07, 6.45) is 3.75. The number of aliphatic hydroxyl groups is 1. The summed E-state index contributed by atoms with van der Waals surface area (Å²) >= 11 is 5.92. The number of hydrogen-bond acceptors (Lipinski definition) is 3. The lowest BCUT2D eigenvalue weighted by Gasteiger charge is -2.34. The van der Waals surface area contributed by atoms with Crippen LogP contribution in [-0.2, 0) is 0 Å². The first-order valence-electron chi connectivity index (χ1n) is 7.38. The maximum Gasteiger partial charge on any atom is 0.257 e. The molecule has 0 unspecified atom stereocenters. The molecule has 1 aromatic heterocycles. The predicted octanol–water partition coefficient (Wildman–Crippen LogP) is 2.95. The van der Waals surface area contributed by atoms with Crippen LogP contribution in [0.15, 0.2) is 47.3 Å². The summed E-state index contributed by atoms with van der Waals surface area (Å²) in [7, 11) is 0. The van der Waals surface area contributed by atoms with E-state index in [1.165, 1.54) is 12.5 Å². The lowest BCUT2D eigenvalue weighted by atomic mass is 9.91. The van der Waals surface area contributed by atoms with Crippen molar-refractivity contribution in [2.24, 2.45) is 0 Å². The van der Waals surface area contributed by atoms with Crippen LogP contribution >= 0.6 is 11.6 Å². The van der Waals surface area contributed by atoms with Crippen molar-refractivity contribution in [2.75, 3.05) is 13.1 Å². The van der Waals surface area contributed by atoms with Gasteiger partial charge in [0, 0.05) is 36.5 Å². The van der Waals surface area contributed by atoms with Gasteiger partial charge in [-0.05, 0) is 24.3 Å². The maximum atomic E-state index is 12.2. The van der Waals surface area contributed by atoms with E-state index in [9.17, 15) is 9.90 Å². The number of benzene rings is 1. The molecule has 1 amide bonds. The van der Waals surface area contributed by atoms with Crippen LogP contribution < -0.4 is 0 Å². The van der Waals surface area contributed by atoms with E-state index < -0.39 is 5.60 Å². The third-order valence-electron chi connectivity index (χ3n) is 3.91. The van der Waals surface area contributed by atoms with Gasteiger partial charge >= 0.3 is 0 Å². The summed E-state index contributed by atoms with van der Waals surface area (Å²) in [5.74, 6) is 5.81. The van der Waals surface area contributed by atoms with E-state index in [0.29, 0.717) is 36.5 Å². The number of carbonyl (C=O) groups excluding carboxylic acids is 1. The molecule has 0 saturated carbocycles. The highest BCUT2D eigenvalue weighted by Gasteiger charge is 2.32. The fourth-order valence-electron chi connectivity index (χ4n) is 2.53. The minimum Gasteiger partial charge on any atom is -0.472 e. The van der Waals surface area contributed by atoms with Crippen molar-refractivity contribution in [3.8, 4) is 11.8 Å². The highest BCUT2D eigenvalue weighted by Crippen LogP contribution is 2.23. The number of nitrogens with zero attached hydrogens (tertiary/aromatic N) is 1. The van der Waals surface area contributed by atoms with Crippen molar-refractivity contribution in [3.63, 3.8) is 0 Å². The number of likely N-dealkylation sites (tertiary alicyclic amines) is 1. The van der Waals surface area contributed by atoms with E-state index in [0.717, 1.165) is 5.56 Å². The number of halogens is 1. The Morgan fingerprint density at radius 1 is 1.30 bits per heavy atom. The number of furan rings is 1. The minimum absolute atomic E-state index is 0.0800. The first-order chi connectivity index (χ1) is 11.1. The topological polar surface area (TPSA) is 53.7 Å². The van der Waals surface area contributed by atoms with Crippen LogP contribution in [0, 0.1) is 11.8 Å². The van der Waals surface area contributed by atoms with Gasteiger partial charge in [0.2, 0.25) is 0 Å². The van der Waals surface area contributed by atoms with Crippen LogP contribution in [0.1, 0.15) is 28.8 Å². The van der Waals surface area contributed by atoms with Crippen molar-refractivity contribution in [2.45, 2.75) is 18.4 Å². The Labute approximate surface area is 139 Å². The molecule has 0 atom stereocenters. The number of rotatable bonds is 1. The molecule has 0 bridgehead atoms. The number of piperidine rings is 1. The Hall–Kier alpha value is -2.22. The molecule has 0 radical (unpaired) electrons. The van der Waals surface area contributed by atoms with Crippen LogP contribution in [0.2, 0.25) is 5.02 Å². The van der Waals surface area contributed by atoms with E-state index in [-0.39, 0.29) is 5.91 Å². The molecule has 2 aromatic rings. The van der Waals surface area contributed by atoms with E-state index in [2.05, 4.69) is 11.8 Å².